The summed E-state index contributed by atoms with van der Waals surface area (Å²) in [7, 11) is 0. The van der Waals surface area contributed by atoms with E-state index < -0.39 is 0 Å². The first kappa shape index (κ1) is 14.0. The van der Waals surface area contributed by atoms with E-state index >= 15 is 0 Å². The first-order valence-corrected chi connectivity index (χ1v) is 7.34. The summed E-state index contributed by atoms with van der Waals surface area (Å²) in [6.45, 7) is 2.27. The van der Waals surface area contributed by atoms with Crippen LogP contribution in [0.1, 0.15) is 77.6 Å². The van der Waals surface area contributed by atoms with E-state index in [0.29, 0.717) is 6.04 Å². The van der Waals surface area contributed by atoms with Gasteiger partial charge in [-0.05, 0) is 25.2 Å². The molecule has 0 aromatic heterocycles. The summed E-state index contributed by atoms with van der Waals surface area (Å²) in [6, 6.07) is 0.579. The zero-order valence-corrected chi connectivity index (χ0v) is 11.0. The fourth-order valence-electron chi connectivity index (χ4n) is 2.96. The normalized spacial score (nSPS) is 20.6. The average molecular weight is 226 g/mol. The van der Waals surface area contributed by atoms with Gasteiger partial charge >= 0.3 is 0 Å². The molecule has 1 saturated carbocycles. The van der Waals surface area contributed by atoms with Crippen molar-refractivity contribution < 1.29 is 0 Å². The van der Waals surface area contributed by atoms with Crippen LogP contribution in [0.15, 0.2) is 0 Å². The highest BCUT2D eigenvalue weighted by Gasteiger charge is 2.20. The third-order valence-electron chi connectivity index (χ3n) is 4.05. The molecule has 2 heteroatoms. The Labute approximate surface area is 101 Å². The van der Waals surface area contributed by atoms with Gasteiger partial charge in [0, 0.05) is 6.04 Å². The summed E-state index contributed by atoms with van der Waals surface area (Å²) in [5.41, 5.74) is 3.08. The molecule has 0 bridgehead atoms. The molecule has 0 heterocycles. The van der Waals surface area contributed by atoms with Crippen molar-refractivity contribution in [1.29, 1.82) is 0 Å². The van der Waals surface area contributed by atoms with Gasteiger partial charge in [-0.15, -0.1) is 0 Å². The summed E-state index contributed by atoms with van der Waals surface area (Å²) < 4.78 is 0. The quantitative estimate of drug-likeness (QED) is 0.300. The molecule has 1 rings (SSSR count). The first-order chi connectivity index (χ1) is 7.88. The molecule has 1 fully saturated rings. The Balaban J connectivity index is 2.22. The van der Waals surface area contributed by atoms with Crippen LogP contribution < -0.4 is 11.3 Å². The molecule has 0 amide bonds. The molecular formula is C14H30N2. The van der Waals surface area contributed by atoms with Gasteiger partial charge in [-0.2, -0.15) is 0 Å². The lowest BCUT2D eigenvalue weighted by atomic mass is 9.89. The molecule has 0 aromatic carbocycles. The number of rotatable bonds is 7. The van der Waals surface area contributed by atoms with Crippen molar-refractivity contribution in [1.82, 2.24) is 5.43 Å². The highest BCUT2D eigenvalue weighted by Crippen LogP contribution is 2.27. The van der Waals surface area contributed by atoms with Crippen molar-refractivity contribution in [3.63, 3.8) is 0 Å². The predicted molar refractivity (Wildman–Crippen MR) is 71.1 cm³/mol. The average Bonchev–Trinajstić information content (AvgIpc) is 2.58. The summed E-state index contributed by atoms with van der Waals surface area (Å²) >= 11 is 0. The molecule has 1 unspecified atom stereocenters. The van der Waals surface area contributed by atoms with Crippen LogP contribution in [-0.2, 0) is 0 Å². The maximum Gasteiger partial charge on any atom is 0.0238 e. The number of nitrogens with one attached hydrogen (secondary N) is 1. The summed E-state index contributed by atoms with van der Waals surface area (Å²) in [5.74, 6) is 6.56. The van der Waals surface area contributed by atoms with Crippen LogP contribution in [0, 0.1) is 5.92 Å². The van der Waals surface area contributed by atoms with Crippen molar-refractivity contribution in [2.24, 2.45) is 11.8 Å². The van der Waals surface area contributed by atoms with E-state index in [1.54, 1.807) is 0 Å². The molecule has 0 spiro atoms. The van der Waals surface area contributed by atoms with Crippen LogP contribution in [0.5, 0.6) is 0 Å². The second kappa shape index (κ2) is 9.00. The van der Waals surface area contributed by atoms with Crippen LogP contribution in [0.3, 0.4) is 0 Å². The minimum Gasteiger partial charge on any atom is -0.271 e. The van der Waals surface area contributed by atoms with Gasteiger partial charge in [0.05, 0.1) is 0 Å². The lowest BCUT2D eigenvalue weighted by molar-refractivity contribution is 0.300. The number of hydrogen-bond acceptors (Lipinski definition) is 2. The molecule has 1 atom stereocenters. The van der Waals surface area contributed by atoms with Crippen LogP contribution in [0.4, 0.5) is 0 Å². The summed E-state index contributed by atoms with van der Waals surface area (Å²) in [5, 5.41) is 0. The third kappa shape index (κ3) is 5.31. The first-order valence-electron chi connectivity index (χ1n) is 7.34. The smallest absolute Gasteiger partial charge is 0.0238 e. The van der Waals surface area contributed by atoms with Crippen molar-refractivity contribution in [2.75, 3.05) is 0 Å². The van der Waals surface area contributed by atoms with Crippen molar-refractivity contribution >= 4 is 0 Å². The number of nitrogens with two attached hydrogens (primary N) is 1. The predicted octanol–water partition coefficient (Wildman–Crippen LogP) is 3.76. The molecule has 1 aliphatic carbocycles. The number of hydrogen-bond donors (Lipinski definition) is 2. The Morgan fingerprint density at radius 1 is 1.06 bits per heavy atom. The fourth-order valence-corrected chi connectivity index (χ4v) is 2.96. The Hall–Kier alpha value is -0.0800. The van der Waals surface area contributed by atoms with E-state index in [4.69, 9.17) is 5.84 Å². The molecule has 0 aliphatic heterocycles. The van der Waals surface area contributed by atoms with Gasteiger partial charge in [0.2, 0.25) is 0 Å². The largest absolute Gasteiger partial charge is 0.271 e. The highest BCUT2D eigenvalue weighted by molar-refractivity contribution is 4.76. The van der Waals surface area contributed by atoms with Gasteiger partial charge < -0.3 is 0 Å². The van der Waals surface area contributed by atoms with Gasteiger partial charge in [0.15, 0.2) is 0 Å². The van der Waals surface area contributed by atoms with Gasteiger partial charge in [0.25, 0.3) is 0 Å². The van der Waals surface area contributed by atoms with Crippen LogP contribution in [-0.4, -0.2) is 6.04 Å². The maximum absolute atomic E-state index is 5.72. The Kier molecular flexibility index (Phi) is 7.87. The van der Waals surface area contributed by atoms with Gasteiger partial charge in [-0.3, -0.25) is 11.3 Å². The summed E-state index contributed by atoms with van der Waals surface area (Å²) in [6.07, 6.45) is 15.2. The van der Waals surface area contributed by atoms with E-state index in [-0.39, 0.29) is 0 Å². The zero-order chi connectivity index (χ0) is 11.6. The minimum absolute atomic E-state index is 0.579. The van der Waals surface area contributed by atoms with Crippen LogP contribution in [0.2, 0.25) is 0 Å². The fraction of sp³-hybridized carbons (Fsp3) is 1.00. The lowest BCUT2D eigenvalue weighted by Crippen LogP contribution is -2.40. The third-order valence-corrected chi connectivity index (χ3v) is 4.05. The van der Waals surface area contributed by atoms with E-state index in [2.05, 4.69) is 12.3 Å². The Morgan fingerprint density at radius 2 is 1.75 bits per heavy atom. The zero-order valence-electron chi connectivity index (χ0n) is 11.0. The second-order valence-corrected chi connectivity index (χ2v) is 5.37. The molecule has 2 nitrogen and oxygen atoms in total. The van der Waals surface area contributed by atoms with Gasteiger partial charge in [0.1, 0.15) is 0 Å². The van der Waals surface area contributed by atoms with Crippen molar-refractivity contribution in [2.45, 2.75) is 83.6 Å². The SMILES string of the molecule is CCCCCCC(NN)C1CCCCCC1. The van der Waals surface area contributed by atoms with Gasteiger partial charge in [-0.25, -0.2) is 0 Å². The molecule has 96 valence electrons. The minimum atomic E-state index is 0.579. The Morgan fingerprint density at radius 3 is 2.31 bits per heavy atom. The molecule has 0 saturated heterocycles. The lowest BCUT2D eigenvalue weighted by Gasteiger charge is -2.25. The monoisotopic (exact) mass is 226 g/mol. The van der Waals surface area contributed by atoms with E-state index in [1.807, 2.05) is 0 Å². The molecule has 0 radical (unpaired) electrons. The van der Waals surface area contributed by atoms with Crippen LogP contribution in [0.25, 0.3) is 0 Å². The maximum atomic E-state index is 5.72. The Bertz CT molecular complexity index is 151. The molecular weight excluding hydrogens is 196 g/mol. The highest BCUT2D eigenvalue weighted by atomic mass is 15.2. The van der Waals surface area contributed by atoms with Crippen molar-refractivity contribution in [3.8, 4) is 0 Å². The topological polar surface area (TPSA) is 38.0 Å². The van der Waals surface area contributed by atoms with E-state index in [9.17, 15) is 0 Å². The summed E-state index contributed by atoms with van der Waals surface area (Å²) in [4.78, 5) is 0. The molecule has 16 heavy (non-hydrogen) atoms. The van der Waals surface area contributed by atoms with E-state index in [1.165, 1.54) is 70.6 Å². The number of unbranched alkanes of at least 4 members (excludes halogenated alkanes) is 3. The number of hydrazine groups is 1. The molecule has 1 aliphatic rings. The van der Waals surface area contributed by atoms with Crippen molar-refractivity contribution in [3.05, 3.63) is 0 Å². The van der Waals surface area contributed by atoms with Gasteiger partial charge in [-0.1, -0.05) is 58.3 Å². The standard InChI is InChI=1S/C14H30N2/c1-2-3-4-9-12-14(16-15)13-10-7-5-6-8-11-13/h13-14,16H,2-12,15H2,1H3. The van der Waals surface area contributed by atoms with E-state index in [0.717, 1.165) is 5.92 Å². The molecule has 0 aromatic rings. The van der Waals surface area contributed by atoms with Crippen LogP contribution >= 0.6 is 0 Å². The second-order valence-electron chi connectivity index (χ2n) is 5.37. The molecule has 3 N–H and O–H groups in total.